The molecular formula is C3H6NOP. The fraction of sp³-hybridized carbons (Fsp3) is 0.667. The molecule has 0 radical (unpaired) electrons. The van der Waals surface area contributed by atoms with Gasteiger partial charge in [-0.05, 0) is 6.66 Å². The predicted octanol–water partition coefficient (Wildman–Crippen LogP) is 0.750. The van der Waals surface area contributed by atoms with Gasteiger partial charge in [-0.2, -0.15) is 5.26 Å². The molecule has 0 saturated heterocycles. The second kappa shape index (κ2) is 4.88. The van der Waals surface area contributed by atoms with E-state index in [1.54, 1.807) is 0 Å². The van der Waals surface area contributed by atoms with Crippen molar-refractivity contribution < 1.29 is 4.52 Å². The van der Waals surface area contributed by atoms with Crippen molar-refractivity contribution in [3.63, 3.8) is 0 Å². The van der Waals surface area contributed by atoms with Crippen molar-refractivity contribution in [1.29, 1.82) is 5.26 Å². The lowest BCUT2D eigenvalue weighted by Crippen LogP contribution is -1.73. The van der Waals surface area contributed by atoms with Gasteiger partial charge in [-0.25, -0.2) is 0 Å². The minimum atomic E-state index is 0.231. The summed E-state index contributed by atoms with van der Waals surface area (Å²) in [5, 5.41) is 7.83. The summed E-state index contributed by atoms with van der Waals surface area (Å²) < 4.78 is 4.65. The molecule has 0 aliphatic carbocycles. The highest BCUT2D eigenvalue weighted by molar-refractivity contribution is 7.31. The van der Waals surface area contributed by atoms with Gasteiger partial charge < -0.3 is 4.52 Å². The van der Waals surface area contributed by atoms with Crippen LogP contribution in [0.5, 0.6) is 0 Å². The van der Waals surface area contributed by atoms with Crippen molar-refractivity contribution in [2.24, 2.45) is 0 Å². The van der Waals surface area contributed by atoms with Crippen molar-refractivity contribution in [1.82, 2.24) is 0 Å². The van der Waals surface area contributed by atoms with Crippen molar-refractivity contribution in [2.45, 2.75) is 0 Å². The summed E-state index contributed by atoms with van der Waals surface area (Å²) in [7, 11) is 0.442. The topological polar surface area (TPSA) is 33.0 Å². The average molecular weight is 103 g/mol. The lowest BCUT2D eigenvalue weighted by Gasteiger charge is -1.84. The summed E-state index contributed by atoms with van der Waals surface area (Å²) in [6, 6.07) is 1.85. The molecule has 34 valence electrons. The van der Waals surface area contributed by atoms with Crippen LogP contribution in [0, 0.1) is 11.3 Å². The van der Waals surface area contributed by atoms with Crippen LogP contribution in [0.4, 0.5) is 0 Å². The number of hydrogen-bond acceptors (Lipinski definition) is 2. The summed E-state index contributed by atoms with van der Waals surface area (Å²) in [4.78, 5) is 0. The van der Waals surface area contributed by atoms with Gasteiger partial charge in [0.1, 0.15) is 6.61 Å². The Morgan fingerprint density at radius 3 is 2.83 bits per heavy atom. The van der Waals surface area contributed by atoms with Gasteiger partial charge >= 0.3 is 0 Å². The zero-order valence-electron chi connectivity index (χ0n) is 3.56. The molecule has 0 amide bonds. The van der Waals surface area contributed by atoms with Crippen LogP contribution in [0.15, 0.2) is 0 Å². The van der Waals surface area contributed by atoms with Gasteiger partial charge in [0.2, 0.25) is 0 Å². The molecule has 6 heavy (non-hydrogen) atoms. The maximum atomic E-state index is 7.83. The standard InChI is InChI=1S/C3H6NOP/c1-6-5-3-2-4/h6H,3H2,1H3. The molecule has 0 N–H and O–H groups in total. The molecule has 2 nitrogen and oxygen atoms in total. The molecule has 0 aliphatic heterocycles. The highest BCUT2D eigenvalue weighted by Gasteiger charge is 1.71. The third kappa shape index (κ3) is 3.88. The second-order valence-corrected chi connectivity index (χ2v) is 1.35. The van der Waals surface area contributed by atoms with Gasteiger partial charge in [-0.3, -0.25) is 0 Å². The van der Waals surface area contributed by atoms with Gasteiger partial charge in [-0.15, -0.1) is 0 Å². The average Bonchev–Trinajstić information content (AvgIpc) is 1.61. The molecule has 0 aliphatic rings. The second-order valence-electron chi connectivity index (χ2n) is 0.651. The summed E-state index contributed by atoms with van der Waals surface area (Å²) >= 11 is 0. The lowest BCUT2D eigenvalue weighted by atomic mass is 10.9. The molecule has 3 heteroatoms. The normalized spacial score (nSPS) is 9.33. The predicted molar refractivity (Wildman–Crippen MR) is 25.8 cm³/mol. The smallest absolute Gasteiger partial charge is 0.137 e. The fourth-order valence-electron chi connectivity index (χ4n) is 0.104. The Bertz CT molecular complexity index is 58.3. The van der Waals surface area contributed by atoms with Crippen LogP contribution in [0.3, 0.4) is 0 Å². The molecule has 1 atom stereocenters. The van der Waals surface area contributed by atoms with E-state index >= 15 is 0 Å². The monoisotopic (exact) mass is 103 g/mol. The fourth-order valence-corrected chi connectivity index (χ4v) is 0.313. The Morgan fingerprint density at radius 1 is 2.00 bits per heavy atom. The quantitative estimate of drug-likeness (QED) is 0.381. The molecule has 0 rings (SSSR count). The molecule has 0 bridgehead atoms. The van der Waals surface area contributed by atoms with Crippen LogP contribution in [-0.4, -0.2) is 13.3 Å². The van der Waals surface area contributed by atoms with Crippen LogP contribution >= 0.6 is 8.81 Å². The molecule has 0 aromatic rings. The van der Waals surface area contributed by atoms with Crippen molar-refractivity contribution >= 4 is 8.81 Å². The third-order valence-electron chi connectivity index (χ3n) is 0.281. The molecule has 0 aromatic carbocycles. The zero-order chi connectivity index (χ0) is 4.83. The summed E-state index contributed by atoms with van der Waals surface area (Å²) in [6.07, 6.45) is 0. The van der Waals surface area contributed by atoms with E-state index in [0.717, 1.165) is 0 Å². The molecule has 0 aromatic heterocycles. The minimum absolute atomic E-state index is 0.231. The first-order valence-electron chi connectivity index (χ1n) is 1.57. The number of nitriles is 1. The van der Waals surface area contributed by atoms with Crippen LogP contribution in [0.25, 0.3) is 0 Å². The van der Waals surface area contributed by atoms with Crippen LogP contribution < -0.4 is 0 Å². The van der Waals surface area contributed by atoms with Gasteiger partial charge in [0.15, 0.2) is 0 Å². The minimum Gasteiger partial charge on any atom is -0.348 e. The van der Waals surface area contributed by atoms with E-state index in [2.05, 4.69) is 4.52 Å². The van der Waals surface area contributed by atoms with E-state index in [4.69, 9.17) is 5.26 Å². The van der Waals surface area contributed by atoms with Crippen molar-refractivity contribution in [2.75, 3.05) is 13.3 Å². The third-order valence-corrected chi connectivity index (χ3v) is 0.714. The van der Waals surface area contributed by atoms with E-state index in [1.165, 1.54) is 0 Å². The van der Waals surface area contributed by atoms with E-state index < -0.39 is 0 Å². The van der Waals surface area contributed by atoms with Crippen LogP contribution in [0.2, 0.25) is 0 Å². The molecule has 0 spiro atoms. The van der Waals surface area contributed by atoms with Gasteiger partial charge in [0, 0.05) is 8.81 Å². The largest absolute Gasteiger partial charge is 0.348 e. The first-order chi connectivity index (χ1) is 2.91. The van der Waals surface area contributed by atoms with Crippen LogP contribution in [0.1, 0.15) is 0 Å². The van der Waals surface area contributed by atoms with E-state index in [-0.39, 0.29) is 6.61 Å². The van der Waals surface area contributed by atoms with E-state index in [0.29, 0.717) is 8.81 Å². The highest BCUT2D eigenvalue weighted by atomic mass is 31.1. The number of nitrogens with zero attached hydrogens (tertiary/aromatic N) is 1. The number of hydrogen-bond donors (Lipinski definition) is 0. The summed E-state index contributed by atoms with van der Waals surface area (Å²) in [6.45, 7) is 2.12. The van der Waals surface area contributed by atoms with E-state index in [1.807, 2.05) is 12.7 Å². The van der Waals surface area contributed by atoms with Gasteiger partial charge in [-0.1, -0.05) is 0 Å². The Morgan fingerprint density at radius 2 is 2.67 bits per heavy atom. The summed E-state index contributed by atoms with van der Waals surface area (Å²) in [5.74, 6) is 0. The molecule has 0 saturated carbocycles. The highest BCUT2D eigenvalue weighted by Crippen LogP contribution is 2.00. The SMILES string of the molecule is CPOCC#N. The Balaban J connectivity index is 2.54. The maximum Gasteiger partial charge on any atom is 0.137 e. The zero-order valence-corrected chi connectivity index (χ0v) is 4.56. The Hall–Kier alpha value is -0.120. The summed E-state index contributed by atoms with van der Waals surface area (Å²) in [5.41, 5.74) is 0. The molecule has 1 unspecified atom stereocenters. The first kappa shape index (κ1) is 5.88. The van der Waals surface area contributed by atoms with Crippen molar-refractivity contribution in [3.8, 4) is 6.07 Å². The molecule has 0 fully saturated rings. The van der Waals surface area contributed by atoms with Gasteiger partial charge in [0.05, 0.1) is 6.07 Å². The maximum absolute atomic E-state index is 7.83. The lowest BCUT2D eigenvalue weighted by molar-refractivity contribution is 0.425. The molecular weight excluding hydrogens is 97.0 g/mol. The first-order valence-corrected chi connectivity index (χ1v) is 2.98. The van der Waals surface area contributed by atoms with E-state index in [9.17, 15) is 0 Å². The van der Waals surface area contributed by atoms with Crippen molar-refractivity contribution in [3.05, 3.63) is 0 Å². The Kier molecular flexibility index (Phi) is 4.78. The van der Waals surface area contributed by atoms with Gasteiger partial charge in [0.25, 0.3) is 0 Å². The Labute approximate surface area is 39.0 Å². The molecule has 0 heterocycles. The van der Waals surface area contributed by atoms with Crippen LogP contribution in [-0.2, 0) is 4.52 Å². The number of rotatable bonds is 2.